The van der Waals surface area contributed by atoms with Crippen LogP contribution in [0.5, 0.6) is 0 Å². The molecule has 427 valence electrons. The number of benzene rings is 10. The summed E-state index contributed by atoms with van der Waals surface area (Å²) in [5.41, 5.74) is 0. The van der Waals surface area contributed by atoms with Gasteiger partial charge in [-0.05, 0) is 47.7 Å². The van der Waals surface area contributed by atoms with E-state index < -0.39 is 50.0 Å². The predicted molar refractivity (Wildman–Crippen MR) is 318 cm³/mol. The smallest absolute Gasteiger partial charge is 0.0134 e. The van der Waals surface area contributed by atoms with E-state index in [1.54, 1.807) is 121 Å². The van der Waals surface area contributed by atoms with Crippen molar-refractivity contribution in [1.82, 2.24) is 0 Å². The third-order valence-corrected chi connectivity index (χ3v) is 26.9. The average Bonchev–Trinajstić information content (AvgIpc) is 3.53. The first-order valence-electron chi connectivity index (χ1n) is 24.2. The van der Waals surface area contributed by atoms with Gasteiger partial charge in [-0.25, -0.2) is 0 Å². The Kier molecular flexibility index (Phi) is 26.9. The summed E-state index contributed by atoms with van der Waals surface area (Å²) in [6.45, 7) is 7.67. The van der Waals surface area contributed by atoms with Crippen molar-refractivity contribution in [3.8, 4) is 0 Å². The maximum atomic E-state index is 11.1. The first kappa shape index (κ1) is 69.2. The standard InChI is InChI=1S/2C18H15P.2C14H14ClO4P.CH3.2Au/c2*1-4-10-16(11-5-1)19(17-12-6-2-7-13-17)18-14-8-3-9-15-18;2*1-20(2,19-15(16,17)18,13-9-5-3-6-10-13)14-11-7-4-8-12-14;;;/h2*1-15H;2*3-12H,1-2H2;1H3;;/q;;2*-2;-1;;+3. The van der Waals surface area contributed by atoms with Crippen LogP contribution in [0.2, 0.25) is 0 Å². The molecule has 10 aromatic rings. The van der Waals surface area contributed by atoms with E-state index in [-0.39, 0.29) is 52.2 Å². The van der Waals surface area contributed by atoms with Gasteiger partial charge in [0.25, 0.3) is 0 Å². The molecule has 0 bridgehead atoms. The summed E-state index contributed by atoms with van der Waals surface area (Å²) in [4.78, 5) is 0. The molecule has 0 saturated heterocycles. The molecule has 16 heteroatoms. The van der Waals surface area contributed by atoms with Crippen molar-refractivity contribution in [2.75, 3.05) is 0 Å². The van der Waals surface area contributed by atoms with Crippen molar-refractivity contribution in [2.45, 2.75) is 0 Å². The molecule has 0 saturated carbocycles. The minimum atomic E-state index is -4.66. The molecular formula is C65H61Au2Cl2O8P4-2. The molecule has 8 nitrogen and oxygen atoms in total. The van der Waals surface area contributed by atoms with Crippen molar-refractivity contribution >= 4 is 82.5 Å². The zero-order valence-corrected chi connectivity index (χ0v) is 53.5. The molecule has 1 radical (unpaired) electrons. The summed E-state index contributed by atoms with van der Waals surface area (Å²) in [5.74, 6) is 0. The Balaban J connectivity index is 0.000000229. The van der Waals surface area contributed by atoms with Crippen LogP contribution in [0.15, 0.2) is 303 Å². The van der Waals surface area contributed by atoms with E-state index in [0.717, 1.165) is 0 Å². The molecule has 81 heavy (non-hydrogen) atoms. The van der Waals surface area contributed by atoms with E-state index in [2.05, 4.69) is 209 Å². The van der Waals surface area contributed by atoms with Crippen molar-refractivity contribution in [1.29, 1.82) is 0 Å². The third-order valence-electron chi connectivity index (χ3n) is 12.0. The van der Waals surface area contributed by atoms with Gasteiger partial charge in [0.15, 0.2) is 0 Å². The fourth-order valence-corrected chi connectivity index (χ4v) is 21.5. The molecule has 0 aromatic heterocycles. The first-order chi connectivity index (χ1) is 37.3. The van der Waals surface area contributed by atoms with Gasteiger partial charge in [0.05, 0.1) is 0 Å². The van der Waals surface area contributed by atoms with Crippen LogP contribution in [-0.2, 0) is 52.9 Å². The fourth-order valence-electron chi connectivity index (χ4n) is 8.32. The Bertz CT molecular complexity index is 2830. The Morgan fingerprint density at radius 3 is 0.506 bits per heavy atom. The number of halogens is 2. The topological polar surface area (TPSA) is 157 Å². The van der Waals surface area contributed by atoms with Gasteiger partial charge in [-0.1, -0.05) is 182 Å². The maximum Gasteiger partial charge on any atom is -0.0134 e. The Labute approximate surface area is 516 Å². The van der Waals surface area contributed by atoms with Crippen LogP contribution >= 0.6 is 29.5 Å². The molecule has 0 unspecified atom stereocenters. The Morgan fingerprint density at radius 1 is 0.259 bits per heavy atom. The second-order valence-corrected chi connectivity index (χ2v) is 32.5. The average molecular weight is 1560 g/mol. The van der Waals surface area contributed by atoms with Crippen molar-refractivity contribution < 1.29 is 101 Å². The van der Waals surface area contributed by atoms with Crippen molar-refractivity contribution in [3.63, 3.8) is 0 Å². The van der Waals surface area contributed by atoms with Crippen LogP contribution in [0.3, 0.4) is 0 Å². The monoisotopic (exact) mass is 1560 g/mol. The number of hydrogen-bond acceptors (Lipinski definition) is 8. The Morgan fingerprint density at radius 2 is 0.383 bits per heavy atom. The zero-order chi connectivity index (χ0) is 55.6. The molecule has 0 aliphatic heterocycles. The van der Waals surface area contributed by atoms with Crippen LogP contribution in [0.25, 0.3) is 0 Å². The van der Waals surface area contributed by atoms with Crippen LogP contribution < -0.4 is 81.0 Å². The van der Waals surface area contributed by atoms with E-state index in [1.165, 1.54) is 31.8 Å². The summed E-state index contributed by atoms with van der Waals surface area (Å²) in [5, 5.41) is 10.3. The molecule has 10 aromatic carbocycles. The van der Waals surface area contributed by atoms with Gasteiger partial charge < -0.3 is 7.43 Å². The summed E-state index contributed by atoms with van der Waals surface area (Å²) in [7, 11) is -10.2. The van der Waals surface area contributed by atoms with Gasteiger partial charge in [0.1, 0.15) is 0 Å². The van der Waals surface area contributed by atoms with Gasteiger partial charge in [-0.3, -0.25) is 0 Å². The maximum absolute atomic E-state index is 11.1. The van der Waals surface area contributed by atoms with E-state index in [0.29, 0.717) is 21.2 Å². The largest absolute Gasteiger partial charge is 0.358 e. The fraction of sp³-hybridized carbons (Fsp3) is 0. The summed E-state index contributed by atoms with van der Waals surface area (Å²) in [6, 6.07) is 98.7. The van der Waals surface area contributed by atoms with Crippen LogP contribution in [-0.4, -0.2) is 0 Å². The normalized spacial score (nSPS) is 12.1. The van der Waals surface area contributed by atoms with Gasteiger partial charge in [-0.15, -0.1) is 0 Å². The number of rotatable bonds is 14. The molecule has 0 aliphatic carbocycles. The summed E-state index contributed by atoms with van der Waals surface area (Å²) in [6.07, 6.45) is 0. The minimum Gasteiger partial charge on any atom is -0.358 e. The molecule has 0 fully saturated rings. The third kappa shape index (κ3) is 19.3. The van der Waals surface area contributed by atoms with Crippen LogP contribution in [0.4, 0.5) is 0 Å². The van der Waals surface area contributed by atoms with Gasteiger partial charge in [0, 0.05) is 22.4 Å². The molecule has 0 atom stereocenters. The second kappa shape index (κ2) is 31.5. The van der Waals surface area contributed by atoms with Crippen LogP contribution in [0, 0.1) is 54.6 Å². The van der Waals surface area contributed by atoms with E-state index in [1.807, 2.05) is 0 Å². The first-order valence-corrected chi connectivity index (χ1v) is 34.4. The molecule has 0 amide bonds. The summed E-state index contributed by atoms with van der Waals surface area (Å²) < 4.78 is 76.6. The van der Waals surface area contributed by atoms with Gasteiger partial charge >= 0.3 is 262 Å². The second-order valence-electron chi connectivity index (χ2n) is 17.7. The number of hydrogen-bond donors (Lipinski definition) is 0. The van der Waals surface area contributed by atoms with E-state index in [9.17, 15) is 28.0 Å². The zero-order valence-electron chi connectivity index (χ0n) is 44.1. The van der Waals surface area contributed by atoms with Gasteiger partial charge in [0.2, 0.25) is 0 Å². The molecule has 0 spiro atoms. The molecule has 0 heterocycles. The summed E-state index contributed by atoms with van der Waals surface area (Å²) >= 11 is 0. The van der Waals surface area contributed by atoms with E-state index in [4.69, 9.17) is 8.15 Å². The molecule has 0 aliphatic rings. The van der Waals surface area contributed by atoms with Gasteiger partial charge in [-0.2, -0.15) is 0 Å². The van der Waals surface area contributed by atoms with Crippen molar-refractivity contribution in [3.05, 3.63) is 337 Å². The molecule has 10 rings (SSSR count). The quantitative estimate of drug-likeness (QED) is 0.0676. The molecular weight excluding hydrogens is 1500 g/mol. The van der Waals surface area contributed by atoms with Crippen LogP contribution in [0.1, 0.15) is 0 Å². The predicted octanol–water partition coefficient (Wildman–Crippen LogP) is 6.54. The van der Waals surface area contributed by atoms with Crippen molar-refractivity contribution in [2.24, 2.45) is 0 Å². The Hall–Kier alpha value is -4.34. The van der Waals surface area contributed by atoms with E-state index >= 15 is 0 Å². The SMILES string of the molecule is [Au+3].[Au].[CH2-]P([CH2-])(O[Cl+3]([O-])([O-])[O-])(c1ccccc1)c1ccccc1.[CH2-]P([CH2-])(O[Cl+3]([O-])([O-])[O-])(c1ccccc1)c1ccccc1.[CH3-].c1ccc(P(c2ccccc2)c2ccccc2)cc1.c1ccc(P(c2ccccc2)c2ccccc2)cc1. The minimum absolute atomic E-state index is 0. The molecule has 0 N–H and O–H groups in total.